The highest BCUT2D eigenvalue weighted by Crippen LogP contribution is 2.18. The summed E-state index contributed by atoms with van der Waals surface area (Å²) in [6, 6.07) is -0.238. The third-order valence-electron chi connectivity index (χ3n) is 3.02. The summed E-state index contributed by atoms with van der Waals surface area (Å²) in [6.45, 7) is 5.48. The number of rotatable bonds is 5. The average Bonchev–Trinajstić information content (AvgIpc) is 2.71. The Morgan fingerprint density at radius 2 is 1.81 bits per heavy atom. The highest BCUT2D eigenvalue weighted by molar-refractivity contribution is 5.75. The van der Waals surface area contributed by atoms with Gasteiger partial charge in [0.25, 0.3) is 0 Å². The van der Waals surface area contributed by atoms with Crippen LogP contribution in [0.2, 0.25) is 0 Å². The van der Waals surface area contributed by atoms with E-state index in [2.05, 4.69) is 0 Å². The number of ether oxygens (including phenoxy) is 3. The van der Waals surface area contributed by atoms with Gasteiger partial charge in [-0.2, -0.15) is 0 Å². The molecule has 5 nitrogen and oxygen atoms in total. The predicted molar refractivity (Wildman–Crippen MR) is 59.3 cm³/mol. The Bertz CT molecular complexity index is 222. The molecule has 0 bridgehead atoms. The zero-order chi connectivity index (χ0) is 12.1. The molecule has 3 unspecified atom stereocenters. The average molecular weight is 231 g/mol. The molecular weight excluding hydrogens is 210 g/mol. The van der Waals surface area contributed by atoms with Crippen LogP contribution < -0.4 is 0 Å². The molecule has 1 fully saturated rings. The van der Waals surface area contributed by atoms with Crippen LogP contribution in [0.1, 0.15) is 13.8 Å². The summed E-state index contributed by atoms with van der Waals surface area (Å²) < 4.78 is 15.6. The number of nitrogens with zero attached hydrogens (tertiary/aromatic N) is 1. The second-order valence-electron chi connectivity index (χ2n) is 3.93. The molecule has 1 saturated heterocycles. The van der Waals surface area contributed by atoms with Gasteiger partial charge in [0.1, 0.15) is 6.04 Å². The molecule has 94 valence electrons. The molecule has 1 heterocycles. The number of likely N-dealkylation sites (tertiary alicyclic amines) is 1. The SMILES string of the molecule is CCOC(=O)C(C)N1CC(OC)C(OC)C1. The number of hydrogen-bond donors (Lipinski definition) is 0. The minimum absolute atomic E-state index is 0.0295. The van der Waals surface area contributed by atoms with Gasteiger partial charge in [-0.15, -0.1) is 0 Å². The molecule has 5 heteroatoms. The Kier molecular flexibility index (Phi) is 5.18. The quantitative estimate of drug-likeness (QED) is 0.636. The van der Waals surface area contributed by atoms with Gasteiger partial charge in [-0.1, -0.05) is 0 Å². The van der Waals surface area contributed by atoms with Gasteiger partial charge in [0.05, 0.1) is 18.8 Å². The standard InChI is InChI=1S/C11H21NO4/c1-5-16-11(13)8(2)12-6-9(14-3)10(7-12)15-4/h8-10H,5-7H2,1-4H3. The predicted octanol–water partition coefficient (Wildman–Crippen LogP) is 0.284. The molecule has 1 rings (SSSR count). The topological polar surface area (TPSA) is 48.0 Å². The summed E-state index contributed by atoms with van der Waals surface area (Å²) in [6.07, 6.45) is 0.0590. The highest BCUT2D eigenvalue weighted by atomic mass is 16.5. The molecule has 16 heavy (non-hydrogen) atoms. The maximum Gasteiger partial charge on any atom is 0.323 e. The Morgan fingerprint density at radius 3 is 2.19 bits per heavy atom. The lowest BCUT2D eigenvalue weighted by Gasteiger charge is -2.21. The number of carbonyl (C=O) groups is 1. The number of carbonyl (C=O) groups excluding carboxylic acids is 1. The van der Waals surface area contributed by atoms with Crippen molar-refractivity contribution in [1.82, 2.24) is 4.90 Å². The zero-order valence-electron chi connectivity index (χ0n) is 10.4. The van der Waals surface area contributed by atoms with Crippen molar-refractivity contribution in [1.29, 1.82) is 0 Å². The minimum Gasteiger partial charge on any atom is -0.465 e. The van der Waals surface area contributed by atoms with Crippen LogP contribution in [0.25, 0.3) is 0 Å². The van der Waals surface area contributed by atoms with E-state index in [1.807, 2.05) is 18.7 Å². The Labute approximate surface area is 96.6 Å². The zero-order valence-corrected chi connectivity index (χ0v) is 10.4. The van der Waals surface area contributed by atoms with Crippen LogP contribution in [0.15, 0.2) is 0 Å². The third-order valence-corrected chi connectivity index (χ3v) is 3.02. The van der Waals surface area contributed by atoms with Crippen LogP contribution in [0.4, 0.5) is 0 Å². The minimum atomic E-state index is -0.238. The molecule has 0 aromatic rings. The van der Waals surface area contributed by atoms with Crippen LogP contribution in [0.3, 0.4) is 0 Å². The first kappa shape index (κ1) is 13.4. The molecule has 0 radical (unpaired) electrons. The van der Waals surface area contributed by atoms with E-state index in [-0.39, 0.29) is 24.2 Å². The Morgan fingerprint density at radius 1 is 1.31 bits per heavy atom. The van der Waals surface area contributed by atoms with Crippen molar-refractivity contribution in [2.45, 2.75) is 32.1 Å². The van der Waals surface area contributed by atoms with Gasteiger partial charge in [0.15, 0.2) is 0 Å². The van der Waals surface area contributed by atoms with E-state index in [9.17, 15) is 4.79 Å². The van der Waals surface area contributed by atoms with E-state index in [0.29, 0.717) is 19.7 Å². The molecule has 1 aliphatic rings. The van der Waals surface area contributed by atoms with Gasteiger partial charge in [0.2, 0.25) is 0 Å². The van der Waals surface area contributed by atoms with Crippen LogP contribution in [0, 0.1) is 0 Å². The Hall–Kier alpha value is -0.650. The summed E-state index contributed by atoms with van der Waals surface area (Å²) in [5, 5.41) is 0. The molecule has 0 saturated carbocycles. The van der Waals surface area contributed by atoms with Gasteiger partial charge in [-0.3, -0.25) is 9.69 Å². The molecule has 0 aliphatic carbocycles. The highest BCUT2D eigenvalue weighted by Gasteiger charge is 2.37. The monoisotopic (exact) mass is 231 g/mol. The van der Waals surface area contributed by atoms with Gasteiger partial charge < -0.3 is 14.2 Å². The lowest BCUT2D eigenvalue weighted by molar-refractivity contribution is -0.148. The summed E-state index contributed by atoms with van der Waals surface area (Å²) in [5.41, 5.74) is 0. The first-order valence-corrected chi connectivity index (χ1v) is 5.60. The summed E-state index contributed by atoms with van der Waals surface area (Å²) >= 11 is 0. The number of methoxy groups -OCH3 is 2. The van der Waals surface area contributed by atoms with Crippen molar-refractivity contribution in [2.24, 2.45) is 0 Å². The van der Waals surface area contributed by atoms with Gasteiger partial charge in [-0.25, -0.2) is 0 Å². The molecule has 1 aliphatic heterocycles. The molecule has 0 amide bonds. The van der Waals surface area contributed by atoms with Crippen LogP contribution in [-0.4, -0.2) is 63.0 Å². The van der Waals surface area contributed by atoms with Crippen LogP contribution in [0.5, 0.6) is 0 Å². The van der Waals surface area contributed by atoms with Crippen molar-refractivity contribution < 1.29 is 19.0 Å². The fraction of sp³-hybridized carbons (Fsp3) is 0.909. The van der Waals surface area contributed by atoms with Crippen molar-refractivity contribution in [3.05, 3.63) is 0 Å². The fourth-order valence-corrected chi connectivity index (χ4v) is 1.95. The second kappa shape index (κ2) is 6.18. The van der Waals surface area contributed by atoms with Crippen molar-refractivity contribution in [3.8, 4) is 0 Å². The number of hydrogen-bond acceptors (Lipinski definition) is 5. The number of esters is 1. The second-order valence-corrected chi connectivity index (χ2v) is 3.93. The largest absolute Gasteiger partial charge is 0.465 e. The summed E-state index contributed by atoms with van der Waals surface area (Å²) in [7, 11) is 3.32. The van der Waals surface area contributed by atoms with E-state index in [4.69, 9.17) is 14.2 Å². The van der Waals surface area contributed by atoms with Crippen molar-refractivity contribution >= 4 is 5.97 Å². The Balaban J connectivity index is 2.53. The molecule has 0 spiro atoms. The summed E-state index contributed by atoms with van der Waals surface area (Å²) in [4.78, 5) is 13.6. The molecule has 3 atom stereocenters. The molecule has 0 aromatic heterocycles. The van der Waals surface area contributed by atoms with Crippen molar-refractivity contribution in [2.75, 3.05) is 33.9 Å². The van der Waals surface area contributed by atoms with Crippen LogP contribution >= 0.6 is 0 Å². The maximum absolute atomic E-state index is 11.6. The normalized spacial score (nSPS) is 28.0. The lowest BCUT2D eigenvalue weighted by Crippen LogP contribution is -2.39. The van der Waals surface area contributed by atoms with Crippen molar-refractivity contribution in [3.63, 3.8) is 0 Å². The molecule has 0 N–H and O–H groups in total. The van der Waals surface area contributed by atoms with Crippen LogP contribution in [-0.2, 0) is 19.0 Å². The molecular formula is C11H21NO4. The molecule has 0 aromatic carbocycles. The van der Waals surface area contributed by atoms with E-state index in [1.54, 1.807) is 14.2 Å². The van der Waals surface area contributed by atoms with E-state index in [0.717, 1.165) is 0 Å². The van der Waals surface area contributed by atoms with Gasteiger partial charge in [-0.05, 0) is 13.8 Å². The van der Waals surface area contributed by atoms with E-state index in [1.165, 1.54) is 0 Å². The maximum atomic E-state index is 11.6. The third kappa shape index (κ3) is 2.93. The van der Waals surface area contributed by atoms with E-state index < -0.39 is 0 Å². The first-order valence-electron chi connectivity index (χ1n) is 5.60. The fourth-order valence-electron chi connectivity index (χ4n) is 1.95. The van der Waals surface area contributed by atoms with E-state index >= 15 is 0 Å². The lowest BCUT2D eigenvalue weighted by atomic mass is 10.3. The summed E-state index contributed by atoms with van der Waals surface area (Å²) in [5.74, 6) is -0.186. The van der Waals surface area contributed by atoms with Gasteiger partial charge in [0, 0.05) is 27.3 Å². The van der Waals surface area contributed by atoms with Gasteiger partial charge >= 0.3 is 5.97 Å². The first-order chi connectivity index (χ1) is 7.63. The smallest absolute Gasteiger partial charge is 0.323 e.